The Bertz CT molecular complexity index is 478. The van der Waals surface area contributed by atoms with E-state index in [1.54, 1.807) is 0 Å². The first-order valence-electron chi connectivity index (χ1n) is 6.89. The summed E-state index contributed by atoms with van der Waals surface area (Å²) in [6.07, 6.45) is 0.611. The smallest absolute Gasteiger partial charge is 0.127 e. The Kier molecular flexibility index (Phi) is 5.97. The molecule has 0 aliphatic heterocycles. The lowest BCUT2D eigenvalue weighted by Crippen LogP contribution is -2.21. The van der Waals surface area contributed by atoms with E-state index in [0.717, 1.165) is 5.56 Å². The van der Waals surface area contributed by atoms with Crippen LogP contribution in [0.5, 0.6) is 5.75 Å². The van der Waals surface area contributed by atoms with Crippen LogP contribution in [0.15, 0.2) is 18.2 Å². The van der Waals surface area contributed by atoms with Crippen LogP contribution in [-0.2, 0) is 6.54 Å². The maximum atomic E-state index is 13.5. The molecule has 1 rings (SSSR count). The minimum atomic E-state index is -0.421. The van der Waals surface area contributed by atoms with Gasteiger partial charge < -0.3 is 10.1 Å². The molecule has 0 bridgehead atoms. The molecule has 0 aliphatic rings. The van der Waals surface area contributed by atoms with Gasteiger partial charge in [-0.2, -0.15) is 5.26 Å². The lowest BCUT2D eigenvalue weighted by molar-refractivity contribution is 0.263. The lowest BCUT2D eigenvalue weighted by Gasteiger charge is -2.16. The van der Waals surface area contributed by atoms with Crippen LogP contribution in [0.25, 0.3) is 0 Å². The van der Waals surface area contributed by atoms with Crippen molar-refractivity contribution in [1.29, 1.82) is 5.26 Å². The average Bonchev–Trinajstić information content (AvgIpc) is 2.35. The molecule has 0 spiro atoms. The highest BCUT2D eigenvalue weighted by Gasteiger charge is 2.16. The highest BCUT2D eigenvalue weighted by molar-refractivity contribution is 5.29. The van der Waals surface area contributed by atoms with Crippen molar-refractivity contribution in [3.8, 4) is 11.8 Å². The molecule has 0 heterocycles. The number of benzene rings is 1. The second kappa shape index (κ2) is 7.25. The largest absolute Gasteiger partial charge is 0.493 e. The van der Waals surface area contributed by atoms with E-state index in [4.69, 9.17) is 10.00 Å². The number of hydrogen-bond acceptors (Lipinski definition) is 3. The summed E-state index contributed by atoms with van der Waals surface area (Å²) < 4.78 is 19.1. The molecule has 0 aliphatic carbocycles. The van der Waals surface area contributed by atoms with E-state index in [-0.39, 0.29) is 5.82 Å². The minimum Gasteiger partial charge on any atom is -0.493 e. The maximum Gasteiger partial charge on any atom is 0.127 e. The average molecular weight is 278 g/mol. The summed E-state index contributed by atoms with van der Waals surface area (Å²) in [7, 11) is 0. The van der Waals surface area contributed by atoms with E-state index >= 15 is 0 Å². The molecule has 3 nitrogen and oxygen atoms in total. The van der Waals surface area contributed by atoms with Gasteiger partial charge in [0.05, 0.1) is 18.1 Å². The van der Waals surface area contributed by atoms with Crippen LogP contribution in [0, 0.1) is 22.6 Å². The summed E-state index contributed by atoms with van der Waals surface area (Å²) in [6.45, 7) is 8.82. The van der Waals surface area contributed by atoms with Gasteiger partial charge in [0.25, 0.3) is 0 Å². The van der Waals surface area contributed by atoms with Gasteiger partial charge in [-0.1, -0.05) is 13.8 Å². The second-order valence-electron chi connectivity index (χ2n) is 5.92. The zero-order chi connectivity index (χ0) is 15.2. The maximum absolute atomic E-state index is 13.5. The van der Waals surface area contributed by atoms with Gasteiger partial charge in [-0.05, 0) is 38.0 Å². The van der Waals surface area contributed by atoms with Gasteiger partial charge in [-0.25, -0.2) is 4.39 Å². The van der Waals surface area contributed by atoms with Crippen LogP contribution >= 0.6 is 0 Å². The number of nitrogens with one attached hydrogen (secondary N) is 1. The number of hydrogen-bond donors (Lipinski definition) is 1. The predicted molar refractivity (Wildman–Crippen MR) is 77.9 cm³/mol. The molecule has 1 N–H and O–H groups in total. The summed E-state index contributed by atoms with van der Waals surface area (Å²) in [5.74, 6) is 0.210. The van der Waals surface area contributed by atoms with Crippen molar-refractivity contribution < 1.29 is 9.13 Å². The second-order valence-corrected chi connectivity index (χ2v) is 5.92. The van der Waals surface area contributed by atoms with Crippen molar-refractivity contribution in [2.24, 2.45) is 5.41 Å². The zero-order valence-electron chi connectivity index (χ0n) is 12.7. The predicted octanol–water partition coefficient (Wildman–Crippen LogP) is 3.64. The summed E-state index contributed by atoms with van der Waals surface area (Å²) in [5, 5.41) is 12.2. The fourth-order valence-corrected chi connectivity index (χ4v) is 1.61. The summed E-state index contributed by atoms with van der Waals surface area (Å²) in [4.78, 5) is 0. The topological polar surface area (TPSA) is 45.0 Å². The number of rotatable bonds is 7. The first kappa shape index (κ1) is 16.5. The molecule has 0 saturated carbocycles. The van der Waals surface area contributed by atoms with Crippen LogP contribution in [0.1, 0.15) is 39.7 Å². The highest BCUT2D eigenvalue weighted by Crippen LogP contribution is 2.21. The fourth-order valence-electron chi connectivity index (χ4n) is 1.61. The first-order chi connectivity index (χ1) is 9.32. The van der Waals surface area contributed by atoms with Crippen molar-refractivity contribution >= 4 is 0 Å². The third kappa shape index (κ3) is 6.03. The molecule has 0 atom stereocenters. The van der Waals surface area contributed by atoms with Crippen LogP contribution < -0.4 is 10.1 Å². The van der Waals surface area contributed by atoms with E-state index in [2.05, 4.69) is 11.4 Å². The van der Waals surface area contributed by atoms with Crippen molar-refractivity contribution in [3.63, 3.8) is 0 Å². The Morgan fingerprint density at radius 3 is 2.65 bits per heavy atom. The van der Waals surface area contributed by atoms with Crippen LogP contribution in [-0.4, -0.2) is 12.6 Å². The number of halogens is 1. The van der Waals surface area contributed by atoms with Gasteiger partial charge in [0, 0.05) is 18.7 Å². The SMILES string of the molecule is CC(C)NCc1cc(F)cc(OCCC(C)(C)C#N)c1. The molecular weight excluding hydrogens is 255 g/mol. The Hall–Kier alpha value is -1.60. The van der Waals surface area contributed by atoms with Crippen LogP contribution in [0.4, 0.5) is 4.39 Å². The Labute approximate surface area is 120 Å². The zero-order valence-corrected chi connectivity index (χ0v) is 12.7. The lowest BCUT2D eigenvalue weighted by atomic mass is 9.92. The van der Waals surface area contributed by atoms with Gasteiger partial charge in [-0.15, -0.1) is 0 Å². The van der Waals surface area contributed by atoms with E-state index in [9.17, 15) is 4.39 Å². The summed E-state index contributed by atoms with van der Waals surface area (Å²) in [5.41, 5.74) is 0.434. The molecule has 0 radical (unpaired) electrons. The van der Waals surface area contributed by atoms with Gasteiger partial charge >= 0.3 is 0 Å². The van der Waals surface area contributed by atoms with E-state index in [1.165, 1.54) is 12.1 Å². The molecule has 1 aromatic rings. The van der Waals surface area contributed by atoms with Crippen molar-refractivity contribution in [2.45, 2.75) is 46.7 Å². The van der Waals surface area contributed by atoms with E-state index < -0.39 is 5.41 Å². The third-order valence-corrected chi connectivity index (χ3v) is 2.94. The minimum absolute atomic E-state index is 0.303. The third-order valence-electron chi connectivity index (χ3n) is 2.94. The molecule has 0 aromatic heterocycles. The van der Waals surface area contributed by atoms with Crippen LogP contribution in [0.2, 0.25) is 0 Å². The van der Waals surface area contributed by atoms with Gasteiger partial charge in [-0.3, -0.25) is 0 Å². The van der Waals surface area contributed by atoms with E-state index in [1.807, 2.05) is 33.8 Å². The molecule has 4 heteroatoms. The van der Waals surface area contributed by atoms with Gasteiger partial charge in [0.2, 0.25) is 0 Å². The Morgan fingerprint density at radius 1 is 1.35 bits per heavy atom. The van der Waals surface area contributed by atoms with Gasteiger partial charge in [0.15, 0.2) is 0 Å². The number of nitriles is 1. The molecule has 1 aromatic carbocycles. The molecule has 110 valence electrons. The summed E-state index contributed by atoms with van der Waals surface area (Å²) >= 11 is 0. The van der Waals surface area contributed by atoms with Crippen molar-refractivity contribution in [2.75, 3.05) is 6.61 Å². The number of ether oxygens (including phenoxy) is 1. The normalized spacial score (nSPS) is 11.4. The van der Waals surface area contributed by atoms with Gasteiger partial charge in [0.1, 0.15) is 11.6 Å². The molecule has 20 heavy (non-hydrogen) atoms. The monoisotopic (exact) mass is 278 g/mol. The quantitative estimate of drug-likeness (QED) is 0.828. The molecular formula is C16H23FN2O. The highest BCUT2D eigenvalue weighted by atomic mass is 19.1. The first-order valence-corrected chi connectivity index (χ1v) is 6.89. The molecule has 0 saturated heterocycles. The number of nitrogens with zero attached hydrogens (tertiary/aromatic N) is 1. The molecule has 0 fully saturated rings. The molecule has 0 amide bonds. The Morgan fingerprint density at radius 2 is 2.05 bits per heavy atom. The van der Waals surface area contributed by atoms with E-state index in [0.29, 0.717) is 31.4 Å². The standard InChI is InChI=1S/C16H23FN2O/c1-12(2)19-10-13-7-14(17)9-15(8-13)20-6-5-16(3,4)11-18/h7-9,12,19H,5-6,10H2,1-4H3. The van der Waals surface area contributed by atoms with Crippen molar-refractivity contribution in [3.05, 3.63) is 29.6 Å². The molecule has 0 unspecified atom stereocenters. The Balaban J connectivity index is 2.60. The van der Waals surface area contributed by atoms with Crippen molar-refractivity contribution in [1.82, 2.24) is 5.32 Å². The van der Waals surface area contributed by atoms with Crippen LogP contribution in [0.3, 0.4) is 0 Å². The summed E-state index contributed by atoms with van der Waals surface area (Å²) in [6, 6.07) is 7.27. The fraction of sp³-hybridized carbons (Fsp3) is 0.562.